The molecule has 0 aromatic heterocycles. The summed E-state index contributed by atoms with van der Waals surface area (Å²) in [5.74, 6) is 0.602. The van der Waals surface area contributed by atoms with Crippen LogP contribution in [0.4, 0.5) is 4.79 Å². The number of hydrogen-bond acceptors (Lipinski definition) is 7. The van der Waals surface area contributed by atoms with Crippen LogP contribution in [0.2, 0.25) is 0 Å². The van der Waals surface area contributed by atoms with E-state index in [2.05, 4.69) is 43.5 Å². The predicted octanol–water partition coefficient (Wildman–Crippen LogP) is 12.2. The van der Waals surface area contributed by atoms with E-state index in [9.17, 15) is 15.0 Å². The summed E-state index contributed by atoms with van der Waals surface area (Å²) in [4.78, 5) is 14.7. The average molecular weight is 783 g/mol. The zero-order chi connectivity index (χ0) is 39.3. The molecule has 54 heavy (non-hydrogen) atoms. The predicted molar refractivity (Wildman–Crippen MR) is 236 cm³/mol. The molecule has 7 nitrogen and oxygen atoms in total. The van der Waals surface area contributed by atoms with Crippen molar-refractivity contribution in [3.63, 3.8) is 0 Å². The lowest BCUT2D eigenvalue weighted by Crippen LogP contribution is -2.40. The van der Waals surface area contributed by atoms with Crippen LogP contribution in [-0.4, -0.2) is 91.4 Å². The molecule has 3 N–H and O–H groups in total. The molecule has 0 rings (SSSR count). The van der Waals surface area contributed by atoms with Crippen LogP contribution in [-0.2, 0) is 9.47 Å². The molecule has 0 aromatic carbocycles. The minimum atomic E-state index is -0.167. The summed E-state index contributed by atoms with van der Waals surface area (Å²) in [6, 6.07) is -0.167. The van der Waals surface area contributed by atoms with Gasteiger partial charge in [0.1, 0.15) is 0 Å². The Morgan fingerprint density at radius 2 is 0.889 bits per heavy atom. The van der Waals surface area contributed by atoms with Gasteiger partial charge in [-0.3, -0.25) is 9.69 Å². The molecule has 0 spiro atoms. The molecule has 0 saturated heterocycles. The second kappa shape index (κ2) is 46.5. The smallest absolute Gasteiger partial charge is 0.279 e. The summed E-state index contributed by atoms with van der Waals surface area (Å²) in [6.07, 6.45) is 45.7. The lowest BCUT2D eigenvalue weighted by Gasteiger charge is -2.21. The Hall–Kier alpha value is -0.900. The summed E-state index contributed by atoms with van der Waals surface area (Å²) in [5.41, 5.74) is 0. The fourth-order valence-corrected chi connectivity index (χ4v) is 7.36. The Kier molecular flexibility index (Phi) is 45.7. The molecule has 0 atom stereocenters. The number of amides is 1. The highest BCUT2D eigenvalue weighted by atomic mass is 32.2. The second-order valence-electron chi connectivity index (χ2n) is 15.3. The number of rotatable bonds is 44. The van der Waals surface area contributed by atoms with Gasteiger partial charge in [-0.1, -0.05) is 165 Å². The highest BCUT2D eigenvalue weighted by Crippen LogP contribution is 2.12. The van der Waals surface area contributed by atoms with Gasteiger partial charge in [0.15, 0.2) is 0 Å². The van der Waals surface area contributed by atoms with Gasteiger partial charge in [0.05, 0.1) is 32.5 Å². The fraction of sp³-hybridized carbons (Fsp3) is 0.891. The summed E-state index contributed by atoms with van der Waals surface area (Å²) in [7, 11) is 0. The third kappa shape index (κ3) is 42.2. The first-order valence-electron chi connectivity index (χ1n) is 23.0. The number of aliphatic hydroxyl groups is 2. The van der Waals surface area contributed by atoms with Gasteiger partial charge < -0.3 is 25.0 Å². The molecule has 0 aromatic rings. The summed E-state index contributed by atoms with van der Waals surface area (Å²) in [5, 5.41) is 21.5. The Bertz CT molecular complexity index is 747. The number of carbonyl (C=O) groups excluding carboxylic acids is 1. The largest absolute Gasteiger partial charge is 0.395 e. The minimum Gasteiger partial charge on any atom is -0.395 e. The van der Waals surface area contributed by atoms with Crippen molar-refractivity contribution in [3.05, 3.63) is 24.3 Å². The number of carbonyl (C=O) groups is 1. The molecule has 0 aliphatic rings. The summed E-state index contributed by atoms with van der Waals surface area (Å²) in [6.45, 7) is 8.64. The van der Waals surface area contributed by atoms with Gasteiger partial charge >= 0.3 is 0 Å². The highest BCUT2D eigenvalue weighted by molar-refractivity contribution is 8.13. The fourth-order valence-electron chi connectivity index (χ4n) is 6.58. The Balaban J connectivity index is 4.12. The van der Waals surface area contributed by atoms with E-state index in [1.807, 2.05) is 4.90 Å². The number of thioether (sulfide) groups is 1. The summed E-state index contributed by atoms with van der Waals surface area (Å²) < 4.78 is 12.1. The molecule has 0 saturated carbocycles. The number of hydrogen-bond donors (Lipinski definition) is 3. The zero-order valence-corrected chi connectivity index (χ0v) is 36.5. The van der Waals surface area contributed by atoms with Crippen LogP contribution in [0.15, 0.2) is 24.3 Å². The molecule has 0 heterocycles. The maximum Gasteiger partial charge on any atom is 0.279 e. The molecule has 8 heteroatoms. The monoisotopic (exact) mass is 783 g/mol. The minimum absolute atomic E-state index is 0.0433. The number of ether oxygens (including phenoxy) is 2. The van der Waals surface area contributed by atoms with Crippen LogP contribution < -0.4 is 5.32 Å². The molecule has 0 radical (unpaired) electrons. The Morgan fingerprint density at radius 3 is 1.26 bits per heavy atom. The van der Waals surface area contributed by atoms with Gasteiger partial charge in [-0.15, -0.1) is 0 Å². The van der Waals surface area contributed by atoms with Gasteiger partial charge in [0.25, 0.3) is 5.24 Å². The van der Waals surface area contributed by atoms with E-state index in [4.69, 9.17) is 9.47 Å². The summed E-state index contributed by atoms with van der Waals surface area (Å²) >= 11 is 1.24. The van der Waals surface area contributed by atoms with Crippen molar-refractivity contribution in [1.82, 2.24) is 10.2 Å². The molecule has 0 bridgehead atoms. The van der Waals surface area contributed by atoms with E-state index in [0.29, 0.717) is 51.8 Å². The zero-order valence-electron chi connectivity index (χ0n) is 35.7. The van der Waals surface area contributed by atoms with Crippen LogP contribution in [0.1, 0.15) is 194 Å². The van der Waals surface area contributed by atoms with E-state index in [-0.39, 0.29) is 24.5 Å². The van der Waals surface area contributed by atoms with Crippen molar-refractivity contribution in [2.45, 2.75) is 200 Å². The number of nitrogens with one attached hydrogen (secondary N) is 1. The quantitative estimate of drug-likeness (QED) is 0.0419. The number of unbranched alkanes of at least 4 members (excludes halogenated alkanes) is 24. The molecule has 320 valence electrons. The first-order chi connectivity index (χ1) is 26.7. The molecular weight excluding hydrogens is 693 g/mol. The number of aliphatic hydroxyl groups excluding tert-OH is 2. The van der Waals surface area contributed by atoms with Gasteiger partial charge in [0, 0.05) is 38.6 Å². The lowest BCUT2D eigenvalue weighted by molar-refractivity contribution is 0.0569. The van der Waals surface area contributed by atoms with Crippen molar-refractivity contribution in [2.75, 3.05) is 65.0 Å². The molecule has 0 aliphatic heterocycles. The lowest BCUT2D eigenvalue weighted by atomic mass is 10.1. The van der Waals surface area contributed by atoms with Crippen LogP contribution in [0.25, 0.3) is 0 Å². The molecule has 0 aliphatic carbocycles. The molecule has 1 amide bonds. The Morgan fingerprint density at radius 1 is 0.537 bits per heavy atom. The van der Waals surface area contributed by atoms with Crippen molar-refractivity contribution in [3.8, 4) is 0 Å². The van der Waals surface area contributed by atoms with Crippen LogP contribution in [0.5, 0.6) is 0 Å². The molecule has 0 fully saturated rings. The van der Waals surface area contributed by atoms with Crippen LogP contribution in [0.3, 0.4) is 0 Å². The van der Waals surface area contributed by atoms with Crippen molar-refractivity contribution < 1.29 is 24.5 Å². The van der Waals surface area contributed by atoms with Gasteiger partial charge in [-0.05, 0) is 64.2 Å². The standard InChI is InChI=1S/C46H90N2O5S/c1-3-5-7-9-11-13-15-17-19-21-23-25-27-29-31-33-40-52-43-45(47-46(51)54-42-37-48(35-38-49)36-39-50)44-53-41-34-32-30-28-26-24-22-20-18-16-14-12-10-8-6-4-2/h17-20,45,49-50H,3-16,21-44H2,1-2H3,(H,47,51)/b19-17-,20-18-. The van der Waals surface area contributed by atoms with Crippen molar-refractivity contribution in [2.24, 2.45) is 0 Å². The second-order valence-corrected chi connectivity index (χ2v) is 16.4. The topological polar surface area (TPSA) is 91.3 Å². The van der Waals surface area contributed by atoms with Crippen molar-refractivity contribution in [1.29, 1.82) is 0 Å². The third-order valence-electron chi connectivity index (χ3n) is 10.0. The number of allylic oxidation sites excluding steroid dienone is 4. The normalized spacial score (nSPS) is 12.0. The molecular formula is C46H90N2O5S. The SMILES string of the molecule is CCCCCCCC/C=C\CCCCCCCCOCC(COCCCCCCCC/C=C\CCCCCCCC)NC(=O)SCCN(CCO)CCO. The first kappa shape index (κ1) is 53.1. The van der Waals surface area contributed by atoms with Crippen LogP contribution >= 0.6 is 11.8 Å². The third-order valence-corrected chi connectivity index (χ3v) is 10.8. The van der Waals surface area contributed by atoms with E-state index >= 15 is 0 Å². The maximum atomic E-state index is 12.7. The van der Waals surface area contributed by atoms with Gasteiger partial charge in [-0.2, -0.15) is 0 Å². The first-order valence-corrected chi connectivity index (χ1v) is 24.0. The Labute approximate surface area is 339 Å². The average Bonchev–Trinajstić information content (AvgIpc) is 3.17. The maximum absolute atomic E-state index is 12.7. The van der Waals surface area contributed by atoms with Crippen LogP contribution in [0, 0.1) is 0 Å². The van der Waals surface area contributed by atoms with E-state index in [0.717, 1.165) is 12.8 Å². The van der Waals surface area contributed by atoms with Gasteiger partial charge in [0.2, 0.25) is 0 Å². The van der Waals surface area contributed by atoms with E-state index < -0.39 is 0 Å². The van der Waals surface area contributed by atoms with Crippen molar-refractivity contribution >= 4 is 17.0 Å². The highest BCUT2D eigenvalue weighted by Gasteiger charge is 2.14. The van der Waals surface area contributed by atoms with E-state index in [1.165, 1.54) is 179 Å². The van der Waals surface area contributed by atoms with Gasteiger partial charge in [-0.25, -0.2) is 0 Å². The van der Waals surface area contributed by atoms with E-state index in [1.54, 1.807) is 0 Å². The molecule has 0 unspecified atom stereocenters. The number of nitrogens with zero attached hydrogens (tertiary/aromatic N) is 1.